The fourth-order valence-electron chi connectivity index (χ4n) is 2.47. The third kappa shape index (κ3) is 3.02. The maximum absolute atomic E-state index is 12.4. The van der Waals surface area contributed by atoms with Crippen LogP contribution in [0.15, 0.2) is 53.3 Å². The zero-order valence-electron chi connectivity index (χ0n) is 12.5. The molecular formula is C17H16ClN3O2. The van der Waals surface area contributed by atoms with Gasteiger partial charge in [-0.2, -0.15) is 0 Å². The number of benzene rings is 2. The van der Waals surface area contributed by atoms with Crippen LogP contribution in [-0.2, 0) is 13.6 Å². The molecule has 0 bridgehead atoms. The lowest BCUT2D eigenvalue weighted by Crippen LogP contribution is -2.28. The van der Waals surface area contributed by atoms with Crippen molar-refractivity contribution in [1.82, 2.24) is 9.99 Å². The van der Waals surface area contributed by atoms with Crippen molar-refractivity contribution in [2.45, 2.75) is 6.54 Å². The van der Waals surface area contributed by atoms with Gasteiger partial charge < -0.3 is 15.1 Å². The first-order chi connectivity index (χ1) is 11.1. The number of para-hydroxylation sites is 1. The summed E-state index contributed by atoms with van der Waals surface area (Å²) in [5.41, 5.74) is 7.51. The van der Waals surface area contributed by atoms with Crippen LogP contribution in [0.1, 0.15) is 5.56 Å². The van der Waals surface area contributed by atoms with Crippen LogP contribution in [0, 0.1) is 0 Å². The quantitative estimate of drug-likeness (QED) is 0.644. The highest BCUT2D eigenvalue weighted by molar-refractivity contribution is 6.30. The van der Waals surface area contributed by atoms with Crippen LogP contribution in [0.4, 0.5) is 5.69 Å². The molecule has 2 aromatic carbocycles. The number of fused-ring (bicyclic) bond motifs is 1. The van der Waals surface area contributed by atoms with E-state index in [2.05, 4.69) is 10.9 Å². The number of nitrogens with zero attached hydrogens (tertiary/aromatic N) is 1. The lowest BCUT2D eigenvalue weighted by Gasteiger charge is -2.13. The molecule has 0 unspecified atom stereocenters. The lowest BCUT2D eigenvalue weighted by molar-refractivity contribution is 0.469. The zero-order valence-corrected chi connectivity index (χ0v) is 13.3. The molecule has 1 aromatic heterocycles. The van der Waals surface area contributed by atoms with Gasteiger partial charge >= 0.3 is 0 Å². The average Bonchev–Trinajstić information content (AvgIpc) is 2.57. The monoisotopic (exact) mass is 329 g/mol. The molecular weight excluding hydrogens is 314 g/mol. The second kappa shape index (κ2) is 6.32. The third-order valence-electron chi connectivity index (χ3n) is 3.71. The molecule has 0 spiro atoms. The molecule has 0 aliphatic heterocycles. The van der Waals surface area contributed by atoms with E-state index in [9.17, 15) is 9.90 Å². The Labute approximate surface area is 138 Å². The van der Waals surface area contributed by atoms with Crippen LogP contribution >= 0.6 is 11.6 Å². The molecule has 0 atom stereocenters. The van der Waals surface area contributed by atoms with Gasteiger partial charge in [-0.15, -0.1) is 0 Å². The number of aromatic nitrogens is 1. The predicted octanol–water partition coefficient (Wildman–Crippen LogP) is 3.01. The second-order valence-electron chi connectivity index (χ2n) is 5.19. The van der Waals surface area contributed by atoms with Gasteiger partial charge in [0.25, 0.3) is 5.56 Å². The van der Waals surface area contributed by atoms with E-state index in [0.717, 1.165) is 5.69 Å². The van der Waals surface area contributed by atoms with Crippen LogP contribution in [-0.4, -0.2) is 9.67 Å². The summed E-state index contributed by atoms with van der Waals surface area (Å²) in [6, 6.07) is 14.4. The first-order valence-corrected chi connectivity index (χ1v) is 7.49. The SMILES string of the molecule is Cn1c(=O)c(CNNc2ccc(Cl)cc2)c(O)c2ccccc21. The number of rotatable bonds is 4. The molecule has 3 aromatic rings. The number of halogens is 1. The van der Waals surface area contributed by atoms with Crippen molar-refractivity contribution < 1.29 is 5.11 Å². The fourth-order valence-corrected chi connectivity index (χ4v) is 2.60. The molecule has 0 fully saturated rings. The Morgan fingerprint density at radius 2 is 1.83 bits per heavy atom. The molecule has 0 radical (unpaired) electrons. The van der Waals surface area contributed by atoms with E-state index in [1.165, 1.54) is 4.57 Å². The van der Waals surface area contributed by atoms with E-state index in [-0.39, 0.29) is 17.9 Å². The number of pyridine rings is 1. The van der Waals surface area contributed by atoms with Crippen LogP contribution in [0.5, 0.6) is 5.75 Å². The minimum absolute atomic E-state index is 0.00843. The third-order valence-corrected chi connectivity index (χ3v) is 3.96. The maximum Gasteiger partial charge on any atom is 0.259 e. The summed E-state index contributed by atoms with van der Waals surface area (Å²) in [7, 11) is 1.69. The summed E-state index contributed by atoms with van der Waals surface area (Å²) >= 11 is 5.83. The number of nitrogens with one attached hydrogen (secondary N) is 2. The van der Waals surface area contributed by atoms with Gasteiger partial charge in [0.2, 0.25) is 0 Å². The Bertz CT molecular complexity index is 904. The van der Waals surface area contributed by atoms with Crippen LogP contribution in [0.25, 0.3) is 10.9 Å². The Kier molecular flexibility index (Phi) is 4.23. The van der Waals surface area contributed by atoms with Crippen LogP contribution in [0.2, 0.25) is 5.02 Å². The molecule has 3 N–H and O–H groups in total. The summed E-state index contributed by atoms with van der Waals surface area (Å²) in [6.07, 6.45) is 0. The molecule has 0 saturated carbocycles. The van der Waals surface area contributed by atoms with E-state index in [4.69, 9.17) is 11.6 Å². The summed E-state index contributed by atoms with van der Waals surface area (Å²) in [5.74, 6) is 0.00843. The average molecular weight is 330 g/mol. The zero-order chi connectivity index (χ0) is 16.4. The number of hydrogen-bond donors (Lipinski definition) is 3. The van der Waals surface area contributed by atoms with Gasteiger partial charge in [0.05, 0.1) is 11.1 Å². The topological polar surface area (TPSA) is 66.3 Å². The standard InChI is InChI=1S/C17H16ClN3O2/c1-21-15-5-3-2-4-13(15)16(22)14(17(21)23)10-19-20-12-8-6-11(18)7-9-12/h2-9,19-20,22H,10H2,1H3. The Morgan fingerprint density at radius 3 is 2.57 bits per heavy atom. The van der Waals surface area contributed by atoms with Crippen LogP contribution in [0.3, 0.4) is 0 Å². The van der Waals surface area contributed by atoms with Crippen molar-refractivity contribution in [3.05, 3.63) is 69.5 Å². The van der Waals surface area contributed by atoms with Crippen molar-refractivity contribution in [3.8, 4) is 5.75 Å². The first-order valence-electron chi connectivity index (χ1n) is 7.12. The normalized spacial score (nSPS) is 10.9. The van der Waals surface area contributed by atoms with Gasteiger partial charge in [0.1, 0.15) is 5.75 Å². The number of aryl methyl sites for hydroxylation is 1. The highest BCUT2D eigenvalue weighted by Gasteiger charge is 2.13. The molecule has 3 rings (SSSR count). The summed E-state index contributed by atoms with van der Waals surface area (Å²) in [5, 5.41) is 11.7. The Hall–Kier alpha value is -2.50. The highest BCUT2D eigenvalue weighted by Crippen LogP contribution is 2.25. The fraction of sp³-hybridized carbons (Fsp3) is 0.118. The Morgan fingerprint density at radius 1 is 1.13 bits per heavy atom. The van der Waals surface area contributed by atoms with Crippen LogP contribution < -0.4 is 16.4 Å². The molecule has 0 saturated heterocycles. The molecule has 5 nitrogen and oxygen atoms in total. The van der Waals surface area contributed by atoms with E-state index >= 15 is 0 Å². The molecule has 0 aliphatic carbocycles. The number of anilines is 1. The van der Waals surface area contributed by atoms with Crippen molar-refractivity contribution in [2.75, 3.05) is 5.43 Å². The molecule has 23 heavy (non-hydrogen) atoms. The smallest absolute Gasteiger partial charge is 0.259 e. The van der Waals surface area contributed by atoms with Crippen molar-refractivity contribution in [2.24, 2.45) is 7.05 Å². The predicted molar refractivity (Wildman–Crippen MR) is 92.8 cm³/mol. The van der Waals surface area contributed by atoms with Gasteiger partial charge in [0, 0.05) is 29.7 Å². The van der Waals surface area contributed by atoms with Crippen molar-refractivity contribution >= 4 is 28.2 Å². The molecule has 6 heteroatoms. The van der Waals surface area contributed by atoms with Gasteiger partial charge in [-0.1, -0.05) is 23.7 Å². The van der Waals surface area contributed by atoms with Gasteiger partial charge in [0.15, 0.2) is 0 Å². The van der Waals surface area contributed by atoms with E-state index in [0.29, 0.717) is 21.5 Å². The first kappa shape index (κ1) is 15.4. The second-order valence-corrected chi connectivity index (χ2v) is 5.63. The lowest BCUT2D eigenvalue weighted by atomic mass is 10.1. The molecule has 118 valence electrons. The largest absolute Gasteiger partial charge is 0.507 e. The number of hydrogen-bond acceptors (Lipinski definition) is 4. The number of hydrazine groups is 1. The summed E-state index contributed by atoms with van der Waals surface area (Å²) in [6.45, 7) is 0.186. The molecule has 0 amide bonds. The van der Waals surface area contributed by atoms with Gasteiger partial charge in [-0.3, -0.25) is 4.79 Å². The minimum Gasteiger partial charge on any atom is -0.507 e. The Balaban J connectivity index is 1.85. The highest BCUT2D eigenvalue weighted by atomic mass is 35.5. The van der Waals surface area contributed by atoms with E-state index in [1.54, 1.807) is 31.3 Å². The van der Waals surface area contributed by atoms with Crippen molar-refractivity contribution in [1.29, 1.82) is 0 Å². The maximum atomic E-state index is 12.4. The van der Waals surface area contributed by atoms with Crippen molar-refractivity contribution in [3.63, 3.8) is 0 Å². The summed E-state index contributed by atoms with van der Waals surface area (Å²) in [4.78, 5) is 12.4. The van der Waals surface area contributed by atoms with Gasteiger partial charge in [-0.25, -0.2) is 5.43 Å². The summed E-state index contributed by atoms with van der Waals surface area (Å²) < 4.78 is 1.54. The molecule has 1 heterocycles. The van der Waals surface area contributed by atoms with E-state index in [1.807, 2.05) is 24.3 Å². The minimum atomic E-state index is -0.230. The van der Waals surface area contributed by atoms with Gasteiger partial charge in [-0.05, 0) is 36.4 Å². The number of aromatic hydroxyl groups is 1. The molecule has 0 aliphatic rings. The van der Waals surface area contributed by atoms with E-state index < -0.39 is 0 Å².